The van der Waals surface area contributed by atoms with Gasteiger partial charge in [-0.2, -0.15) is 0 Å². The molecule has 1 heterocycles. The van der Waals surface area contributed by atoms with Crippen LogP contribution in [0, 0.1) is 6.92 Å². The normalized spacial score (nSPS) is 10.6. The van der Waals surface area contributed by atoms with E-state index in [2.05, 4.69) is 35.6 Å². The summed E-state index contributed by atoms with van der Waals surface area (Å²) in [5.74, 6) is 1.36. The number of hydrogen-bond acceptors (Lipinski definition) is 4. The fourth-order valence-corrected chi connectivity index (χ4v) is 2.90. The van der Waals surface area contributed by atoms with Gasteiger partial charge in [-0.1, -0.05) is 32.0 Å². The number of anilines is 2. The molecule has 0 saturated carbocycles. The third-order valence-electron chi connectivity index (χ3n) is 3.98. The molecule has 5 nitrogen and oxygen atoms in total. The molecule has 0 saturated heterocycles. The molecule has 0 spiro atoms. The first kappa shape index (κ1) is 18.9. The van der Waals surface area contributed by atoms with Crippen LogP contribution in [0.15, 0.2) is 36.4 Å². The molecular formula is C20H28N4O. The van der Waals surface area contributed by atoms with E-state index in [9.17, 15) is 4.79 Å². The lowest BCUT2D eigenvalue weighted by Crippen LogP contribution is -2.33. The number of nitrogens with zero attached hydrogens (tertiary/aromatic N) is 4. The van der Waals surface area contributed by atoms with Crippen molar-refractivity contribution in [2.24, 2.45) is 0 Å². The second-order valence-electron chi connectivity index (χ2n) is 6.03. The summed E-state index contributed by atoms with van der Waals surface area (Å²) in [7, 11) is 0. The lowest BCUT2D eigenvalue weighted by molar-refractivity contribution is 0.0749. The Bertz CT molecular complexity index is 681. The first-order valence-electron chi connectivity index (χ1n) is 9.08. The van der Waals surface area contributed by atoms with Crippen molar-refractivity contribution in [1.82, 2.24) is 14.9 Å². The molecule has 2 rings (SSSR count). The average Bonchev–Trinajstić information content (AvgIpc) is 2.62. The third-order valence-corrected chi connectivity index (χ3v) is 3.98. The largest absolute Gasteiger partial charge is 0.337 e. The average molecular weight is 340 g/mol. The van der Waals surface area contributed by atoms with Crippen LogP contribution < -0.4 is 4.90 Å². The van der Waals surface area contributed by atoms with Gasteiger partial charge in [-0.05, 0) is 38.8 Å². The van der Waals surface area contributed by atoms with Gasteiger partial charge in [0, 0.05) is 31.4 Å². The Kier molecular flexibility index (Phi) is 6.92. The molecule has 0 fully saturated rings. The highest BCUT2D eigenvalue weighted by Gasteiger charge is 2.19. The van der Waals surface area contributed by atoms with E-state index < -0.39 is 0 Å². The maximum Gasteiger partial charge on any atom is 0.272 e. The van der Waals surface area contributed by atoms with Crippen LogP contribution in [-0.4, -0.2) is 40.4 Å². The van der Waals surface area contributed by atoms with E-state index in [1.807, 2.05) is 48.2 Å². The van der Waals surface area contributed by atoms with Crippen molar-refractivity contribution in [2.45, 2.75) is 40.5 Å². The van der Waals surface area contributed by atoms with E-state index in [4.69, 9.17) is 0 Å². The summed E-state index contributed by atoms with van der Waals surface area (Å²) >= 11 is 0. The van der Waals surface area contributed by atoms with Crippen LogP contribution in [-0.2, 0) is 0 Å². The number of benzene rings is 1. The van der Waals surface area contributed by atoms with Crippen molar-refractivity contribution in [3.05, 3.63) is 47.9 Å². The number of rotatable bonds is 8. The lowest BCUT2D eigenvalue weighted by Gasteiger charge is -2.24. The molecule has 2 aromatic rings. The number of hydrogen-bond donors (Lipinski definition) is 0. The van der Waals surface area contributed by atoms with E-state index in [-0.39, 0.29) is 5.91 Å². The van der Waals surface area contributed by atoms with Gasteiger partial charge in [0.15, 0.2) is 0 Å². The molecule has 0 aliphatic rings. The number of carbonyl (C=O) groups excluding carboxylic acids is 1. The molecule has 1 aromatic heterocycles. The van der Waals surface area contributed by atoms with Crippen molar-refractivity contribution in [1.29, 1.82) is 0 Å². The Hall–Kier alpha value is -2.43. The number of para-hydroxylation sites is 1. The van der Waals surface area contributed by atoms with Crippen LogP contribution in [0.5, 0.6) is 0 Å². The van der Waals surface area contributed by atoms with E-state index in [0.29, 0.717) is 11.5 Å². The number of aromatic nitrogens is 2. The molecule has 0 radical (unpaired) electrons. The standard InChI is InChI=1S/C20H28N4O/c1-5-13-23(14-6-2)20(25)18-15-19(22-16(4)21-18)24(7-3)17-11-9-8-10-12-17/h8-12,15H,5-7,13-14H2,1-4H3. The summed E-state index contributed by atoms with van der Waals surface area (Å²) in [6, 6.07) is 11.9. The van der Waals surface area contributed by atoms with Crippen LogP contribution in [0.3, 0.4) is 0 Å². The molecule has 1 aromatic carbocycles. The van der Waals surface area contributed by atoms with E-state index in [1.165, 1.54) is 0 Å². The quantitative estimate of drug-likeness (QED) is 0.722. The van der Waals surface area contributed by atoms with Crippen molar-refractivity contribution in [3.8, 4) is 0 Å². The highest BCUT2D eigenvalue weighted by Crippen LogP contribution is 2.24. The van der Waals surface area contributed by atoms with Crippen LogP contribution >= 0.6 is 0 Å². The highest BCUT2D eigenvalue weighted by molar-refractivity contribution is 5.93. The molecule has 1 amide bonds. The Morgan fingerprint density at radius 2 is 1.64 bits per heavy atom. The van der Waals surface area contributed by atoms with E-state index in [0.717, 1.165) is 44.0 Å². The lowest BCUT2D eigenvalue weighted by atomic mass is 10.2. The van der Waals surface area contributed by atoms with Gasteiger partial charge in [-0.25, -0.2) is 9.97 Å². The summed E-state index contributed by atoms with van der Waals surface area (Å²) in [6.45, 7) is 10.3. The molecule has 0 bridgehead atoms. The predicted octanol–water partition coefficient (Wildman–Crippen LogP) is 4.21. The van der Waals surface area contributed by atoms with Crippen molar-refractivity contribution in [2.75, 3.05) is 24.5 Å². The first-order chi connectivity index (χ1) is 12.1. The fourth-order valence-electron chi connectivity index (χ4n) is 2.90. The van der Waals surface area contributed by atoms with Gasteiger partial charge in [0.1, 0.15) is 17.3 Å². The van der Waals surface area contributed by atoms with Crippen molar-refractivity contribution < 1.29 is 4.79 Å². The summed E-state index contributed by atoms with van der Waals surface area (Å²) < 4.78 is 0. The zero-order chi connectivity index (χ0) is 18.2. The monoisotopic (exact) mass is 340 g/mol. The maximum atomic E-state index is 12.9. The zero-order valence-corrected chi connectivity index (χ0v) is 15.7. The van der Waals surface area contributed by atoms with Crippen LogP contribution in [0.4, 0.5) is 11.5 Å². The smallest absolute Gasteiger partial charge is 0.272 e. The van der Waals surface area contributed by atoms with Gasteiger partial charge in [0.05, 0.1) is 0 Å². The molecule has 25 heavy (non-hydrogen) atoms. The molecular weight excluding hydrogens is 312 g/mol. The van der Waals surface area contributed by atoms with Crippen molar-refractivity contribution >= 4 is 17.4 Å². The van der Waals surface area contributed by atoms with Crippen LogP contribution in [0.1, 0.15) is 49.9 Å². The number of carbonyl (C=O) groups is 1. The molecule has 5 heteroatoms. The minimum Gasteiger partial charge on any atom is -0.337 e. The van der Waals surface area contributed by atoms with Gasteiger partial charge in [0.25, 0.3) is 5.91 Å². The minimum atomic E-state index is -0.0143. The molecule has 0 aliphatic heterocycles. The number of amides is 1. The molecule has 0 aliphatic carbocycles. The Labute approximate surface area is 150 Å². The van der Waals surface area contributed by atoms with E-state index >= 15 is 0 Å². The predicted molar refractivity (Wildman–Crippen MR) is 102 cm³/mol. The molecule has 134 valence electrons. The fraction of sp³-hybridized carbons (Fsp3) is 0.450. The zero-order valence-electron chi connectivity index (χ0n) is 15.7. The molecule has 0 atom stereocenters. The van der Waals surface area contributed by atoms with Crippen LogP contribution in [0.2, 0.25) is 0 Å². The highest BCUT2D eigenvalue weighted by atomic mass is 16.2. The van der Waals surface area contributed by atoms with Gasteiger partial charge in [-0.3, -0.25) is 4.79 Å². The maximum absolute atomic E-state index is 12.9. The van der Waals surface area contributed by atoms with Gasteiger partial charge >= 0.3 is 0 Å². The first-order valence-corrected chi connectivity index (χ1v) is 9.08. The summed E-state index contributed by atoms with van der Waals surface area (Å²) in [4.78, 5) is 25.8. The summed E-state index contributed by atoms with van der Waals surface area (Å²) in [5.41, 5.74) is 1.53. The summed E-state index contributed by atoms with van der Waals surface area (Å²) in [6.07, 6.45) is 1.88. The topological polar surface area (TPSA) is 49.3 Å². The van der Waals surface area contributed by atoms with Gasteiger partial charge < -0.3 is 9.80 Å². The SMILES string of the molecule is CCCN(CCC)C(=O)c1cc(N(CC)c2ccccc2)nc(C)n1. The van der Waals surface area contributed by atoms with Crippen molar-refractivity contribution in [3.63, 3.8) is 0 Å². The summed E-state index contributed by atoms with van der Waals surface area (Å²) in [5, 5.41) is 0. The van der Waals surface area contributed by atoms with Crippen LogP contribution in [0.25, 0.3) is 0 Å². The third kappa shape index (κ3) is 4.78. The van der Waals surface area contributed by atoms with Gasteiger partial charge in [0.2, 0.25) is 0 Å². The Morgan fingerprint density at radius 1 is 1.00 bits per heavy atom. The second-order valence-corrected chi connectivity index (χ2v) is 6.03. The number of aryl methyl sites for hydroxylation is 1. The minimum absolute atomic E-state index is 0.0143. The molecule has 0 N–H and O–H groups in total. The molecule has 0 unspecified atom stereocenters. The van der Waals surface area contributed by atoms with E-state index in [1.54, 1.807) is 0 Å². The Morgan fingerprint density at radius 3 is 2.20 bits per heavy atom. The van der Waals surface area contributed by atoms with Gasteiger partial charge in [-0.15, -0.1) is 0 Å². The second kappa shape index (κ2) is 9.16. The Balaban J connectivity index is 2.37.